The number of rotatable bonds is 4. The molecule has 1 unspecified atom stereocenters. The van der Waals surface area contributed by atoms with Crippen molar-refractivity contribution in [1.82, 2.24) is 10.2 Å². The highest BCUT2D eigenvalue weighted by atomic mass is 28.2. The number of allylic oxidation sites excluding steroid dienone is 1. The minimum absolute atomic E-state index is 0.0797. The zero-order valence-corrected chi connectivity index (χ0v) is 11.3. The highest BCUT2D eigenvalue weighted by Gasteiger charge is 2.17. The first-order valence-corrected chi connectivity index (χ1v) is 7.56. The summed E-state index contributed by atoms with van der Waals surface area (Å²) in [5.41, 5.74) is 3.99. The molecule has 0 spiro atoms. The van der Waals surface area contributed by atoms with Gasteiger partial charge in [-0.1, -0.05) is 11.6 Å². The van der Waals surface area contributed by atoms with Crippen LogP contribution < -0.4 is 5.32 Å². The Morgan fingerprint density at radius 1 is 1.57 bits per heavy atom. The summed E-state index contributed by atoms with van der Waals surface area (Å²) in [7, 11) is 2.34. The fraction of sp³-hybridized carbons (Fsp3) is 0.818. The summed E-state index contributed by atoms with van der Waals surface area (Å²) in [4.78, 5) is 2.51. The molecule has 1 fully saturated rings. The normalized spacial score (nSPS) is 24.4. The van der Waals surface area contributed by atoms with Crippen LogP contribution in [0, 0.1) is 0 Å². The predicted octanol–water partition coefficient (Wildman–Crippen LogP) is 0.791. The molecule has 2 nitrogen and oxygen atoms in total. The van der Waals surface area contributed by atoms with Crippen LogP contribution in [0.25, 0.3) is 0 Å². The molecule has 0 saturated carbocycles. The summed E-state index contributed by atoms with van der Waals surface area (Å²) in [6.45, 7) is 8.00. The van der Waals surface area contributed by atoms with Crippen LogP contribution in [0.15, 0.2) is 11.3 Å². The molecule has 0 radical (unpaired) electrons. The topological polar surface area (TPSA) is 15.3 Å². The van der Waals surface area contributed by atoms with Crippen molar-refractivity contribution in [3.63, 3.8) is 0 Å². The van der Waals surface area contributed by atoms with E-state index in [0.29, 0.717) is 0 Å². The summed E-state index contributed by atoms with van der Waals surface area (Å²) in [5.74, 6) is 0. The van der Waals surface area contributed by atoms with Gasteiger partial charge in [0.25, 0.3) is 0 Å². The summed E-state index contributed by atoms with van der Waals surface area (Å²) in [6.07, 6.45) is 1.39. The van der Waals surface area contributed by atoms with E-state index in [1.165, 1.54) is 37.7 Å². The summed E-state index contributed by atoms with van der Waals surface area (Å²) in [6, 6.07) is 2.25. The number of hydrogen-bond donors (Lipinski definition) is 1. The van der Waals surface area contributed by atoms with E-state index in [9.17, 15) is 0 Å². The van der Waals surface area contributed by atoms with Crippen molar-refractivity contribution in [1.29, 1.82) is 0 Å². The first-order chi connectivity index (χ1) is 6.70. The van der Waals surface area contributed by atoms with Crippen LogP contribution in [-0.2, 0) is 0 Å². The number of nitrogens with zero attached hydrogens (tertiary/aromatic N) is 1. The lowest BCUT2D eigenvalue weighted by Gasteiger charge is -2.33. The zero-order chi connectivity index (χ0) is 10.4. The van der Waals surface area contributed by atoms with Gasteiger partial charge in [-0.05, 0) is 27.3 Å². The largest absolute Gasteiger partial charge is 0.314 e. The van der Waals surface area contributed by atoms with E-state index in [1.54, 1.807) is 0 Å². The highest BCUT2D eigenvalue weighted by Crippen LogP contribution is 2.07. The molecule has 82 valence electrons. The molecule has 1 N–H and O–H groups in total. The maximum absolute atomic E-state index is 3.47. The van der Waals surface area contributed by atoms with Gasteiger partial charge in [-0.3, -0.25) is 0 Å². The molecule has 0 aromatic carbocycles. The van der Waals surface area contributed by atoms with Gasteiger partial charge in [0.2, 0.25) is 0 Å². The third kappa shape index (κ3) is 4.40. The van der Waals surface area contributed by atoms with Gasteiger partial charge >= 0.3 is 0 Å². The van der Waals surface area contributed by atoms with E-state index < -0.39 is 0 Å². The van der Waals surface area contributed by atoms with Crippen LogP contribution in [0.4, 0.5) is 0 Å². The lowest BCUT2D eigenvalue weighted by molar-refractivity contribution is 0.195. The van der Waals surface area contributed by atoms with Gasteiger partial charge in [0.15, 0.2) is 0 Å². The van der Waals surface area contributed by atoms with Crippen molar-refractivity contribution >= 4 is 9.52 Å². The lowest BCUT2D eigenvalue weighted by Crippen LogP contribution is -2.49. The second-order valence-electron chi connectivity index (χ2n) is 4.55. The molecule has 0 amide bonds. The van der Waals surface area contributed by atoms with E-state index in [1.807, 2.05) is 0 Å². The van der Waals surface area contributed by atoms with Crippen LogP contribution in [0.5, 0.6) is 0 Å². The van der Waals surface area contributed by atoms with Crippen molar-refractivity contribution < 1.29 is 0 Å². The van der Waals surface area contributed by atoms with Gasteiger partial charge in [-0.2, -0.15) is 0 Å². The molecule has 1 heterocycles. The van der Waals surface area contributed by atoms with E-state index in [4.69, 9.17) is 0 Å². The first-order valence-electron chi connectivity index (χ1n) is 5.74. The minimum Gasteiger partial charge on any atom is -0.314 e. The molecular weight excluding hydrogens is 188 g/mol. The van der Waals surface area contributed by atoms with E-state index in [0.717, 1.165) is 6.04 Å². The van der Waals surface area contributed by atoms with Gasteiger partial charge in [-0.25, -0.2) is 0 Å². The molecule has 0 aliphatic carbocycles. The second-order valence-corrected chi connectivity index (χ2v) is 6.24. The molecule has 1 saturated heterocycles. The predicted molar refractivity (Wildman–Crippen MR) is 66.7 cm³/mol. The Hall–Kier alpha value is -0.123. The van der Waals surface area contributed by atoms with E-state index in [-0.39, 0.29) is 9.52 Å². The van der Waals surface area contributed by atoms with Crippen LogP contribution in [0.3, 0.4) is 0 Å². The van der Waals surface area contributed by atoms with Crippen molar-refractivity contribution in [3.05, 3.63) is 11.3 Å². The third-order valence-electron chi connectivity index (χ3n) is 2.94. The quantitative estimate of drug-likeness (QED) is 0.547. The summed E-state index contributed by atoms with van der Waals surface area (Å²) < 4.78 is 0. The van der Waals surface area contributed by atoms with Gasteiger partial charge in [0, 0.05) is 35.2 Å². The number of nitrogens with one attached hydrogen (secondary N) is 1. The van der Waals surface area contributed by atoms with Gasteiger partial charge in [-0.15, -0.1) is 5.70 Å². The van der Waals surface area contributed by atoms with E-state index >= 15 is 0 Å². The van der Waals surface area contributed by atoms with Crippen molar-refractivity contribution in [2.75, 3.05) is 26.7 Å². The van der Waals surface area contributed by atoms with Crippen LogP contribution in [0.2, 0.25) is 6.04 Å². The SMILES string of the molecule is CC(C)=C[SiH2]CCC1CNCCN1C. The maximum Gasteiger partial charge on any atom is 0.0453 e. The molecule has 1 atom stereocenters. The zero-order valence-electron chi connectivity index (χ0n) is 9.84. The average Bonchev–Trinajstić information content (AvgIpc) is 2.15. The Morgan fingerprint density at radius 2 is 2.36 bits per heavy atom. The fourth-order valence-corrected chi connectivity index (χ4v) is 3.42. The lowest BCUT2D eigenvalue weighted by atomic mass is 10.1. The molecule has 14 heavy (non-hydrogen) atoms. The smallest absolute Gasteiger partial charge is 0.0453 e. The van der Waals surface area contributed by atoms with E-state index in [2.05, 4.69) is 36.8 Å². The fourth-order valence-electron chi connectivity index (χ4n) is 1.93. The molecule has 0 aromatic rings. The number of piperazine rings is 1. The molecule has 0 bridgehead atoms. The standard InChI is InChI=1S/C11H24N2Si/c1-10(2)9-14-7-4-11-8-12-5-6-13(11)3/h9,11-12H,4-8,14H2,1-3H3. The highest BCUT2D eigenvalue weighted by molar-refractivity contribution is 6.42. The molecular formula is C11H24N2Si. The van der Waals surface area contributed by atoms with Gasteiger partial charge < -0.3 is 10.2 Å². The Kier molecular flexibility index (Phi) is 5.44. The number of hydrogen-bond acceptors (Lipinski definition) is 2. The average molecular weight is 212 g/mol. The Morgan fingerprint density at radius 3 is 3.00 bits per heavy atom. The number of likely N-dealkylation sites (N-methyl/N-ethyl adjacent to an activating group) is 1. The second kappa shape index (κ2) is 6.38. The van der Waals surface area contributed by atoms with Gasteiger partial charge in [0.05, 0.1) is 0 Å². The Bertz CT molecular complexity index is 188. The summed E-state index contributed by atoms with van der Waals surface area (Å²) in [5, 5.41) is 3.47. The maximum atomic E-state index is 3.47. The molecule has 1 aliphatic rings. The molecule has 1 aliphatic heterocycles. The van der Waals surface area contributed by atoms with Gasteiger partial charge in [0.1, 0.15) is 0 Å². The van der Waals surface area contributed by atoms with Crippen molar-refractivity contribution in [2.45, 2.75) is 32.4 Å². The Balaban J connectivity index is 2.13. The molecule has 0 aromatic heterocycles. The van der Waals surface area contributed by atoms with Crippen LogP contribution in [-0.4, -0.2) is 47.1 Å². The monoisotopic (exact) mass is 212 g/mol. The minimum atomic E-state index is 0.0797. The third-order valence-corrected chi connectivity index (χ3v) is 4.86. The van der Waals surface area contributed by atoms with Crippen molar-refractivity contribution in [3.8, 4) is 0 Å². The Labute approximate surface area is 90.6 Å². The van der Waals surface area contributed by atoms with Crippen molar-refractivity contribution in [2.24, 2.45) is 0 Å². The van der Waals surface area contributed by atoms with Crippen LogP contribution in [0.1, 0.15) is 20.3 Å². The molecule has 1 rings (SSSR count). The van der Waals surface area contributed by atoms with Crippen LogP contribution >= 0.6 is 0 Å². The summed E-state index contributed by atoms with van der Waals surface area (Å²) >= 11 is 0. The molecule has 3 heteroatoms. The first kappa shape index (κ1) is 11.9.